The lowest BCUT2D eigenvalue weighted by atomic mass is 10.2. The average Bonchev–Trinajstić information content (AvgIpc) is 2.06. The van der Waals surface area contributed by atoms with Crippen LogP contribution in [-0.4, -0.2) is 18.1 Å². The van der Waals surface area contributed by atoms with Crippen LogP contribution < -0.4 is 4.74 Å². The zero-order chi connectivity index (χ0) is 7.68. The number of phenols is 1. The summed E-state index contributed by atoms with van der Waals surface area (Å²) in [5.41, 5.74) is 0.666. The van der Waals surface area contributed by atoms with E-state index in [0.29, 0.717) is 18.0 Å². The Morgan fingerprint density at radius 2 is 2.36 bits per heavy atom. The van der Waals surface area contributed by atoms with E-state index in [1.165, 1.54) is 0 Å². The van der Waals surface area contributed by atoms with Gasteiger partial charge in [-0.25, -0.2) is 0 Å². The summed E-state index contributed by atoms with van der Waals surface area (Å²) in [6.45, 7) is 0.344. The largest absolute Gasteiger partial charge is 0.507 e. The fourth-order valence-corrected chi connectivity index (χ4v) is 1.02. The first-order chi connectivity index (χ1) is 5.38. The van der Waals surface area contributed by atoms with Crippen molar-refractivity contribution in [2.45, 2.75) is 0 Å². The van der Waals surface area contributed by atoms with Gasteiger partial charge in [0.2, 0.25) is 0 Å². The van der Waals surface area contributed by atoms with Gasteiger partial charge < -0.3 is 9.84 Å². The van der Waals surface area contributed by atoms with Crippen LogP contribution in [0.15, 0.2) is 23.2 Å². The van der Waals surface area contributed by atoms with Crippen LogP contribution >= 0.6 is 0 Å². The van der Waals surface area contributed by atoms with E-state index >= 15 is 0 Å². The number of ether oxygens (including phenoxy) is 1. The van der Waals surface area contributed by atoms with Crippen LogP contribution in [0.25, 0.3) is 0 Å². The lowest BCUT2D eigenvalue weighted by molar-refractivity contribution is 0.323. The summed E-state index contributed by atoms with van der Waals surface area (Å²) in [5.74, 6) is 0.908. The quantitative estimate of drug-likeness (QED) is 0.601. The van der Waals surface area contributed by atoms with E-state index in [2.05, 4.69) is 4.99 Å². The normalized spacial score (nSPS) is 13.8. The summed E-state index contributed by atoms with van der Waals surface area (Å²) in [4.78, 5) is 3.87. The first-order valence-electron chi connectivity index (χ1n) is 3.32. The van der Waals surface area contributed by atoms with Gasteiger partial charge in [-0.2, -0.15) is 0 Å². The van der Waals surface area contributed by atoms with Crippen LogP contribution in [0.3, 0.4) is 0 Å². The van der Waals surface area contributed by atoms with Crippen molar-refractivity contribution >= 4 is 6.21 Å². The summed E-state index contributed by atoms with van der Waals surface area (Å²) in [6, 6.07) is 5.16. The third-order valence-electron chi connectivity index (χ3n) is 1.56. The molecule has 1 heterocycles. The lowest BCUT2D eigenvalue weighted by Gasteiger charge is -2.11. The number of rotatable bonds is 0. The molecule has 56 valence electrons. The van der Waals surface area contributed by atoms with Crippen molar-refractivity contribution in [2.24, 2.45) is 4.99 Å². The molecule has 0 amide bonds. The predicted octanol–water partition coefficient (Wildman–Crippen LogP) is 1.16. The average molecular weight is 149 g/mol. The molecule has 0 bridgehead atoms. The highest BCUT2D eigenvalue weighted by atomic mass is 16.5. The number of hydrogen-bond donors (Lipinski definition) is 1. The van der Waals surface area contributed by atoms with E-state index < -0.39 is 0 Å². The summed E-state index contributed by atoms with van der Waals surface area (Å²) < 4.78 is 5.15. The topological polar surface area (TPSA) is 41.8 Å². The number of nitrogens with zero attached hydrogens (tertiary/aromatic N) is 1. The second kappa shape index (κ2) is 2.27. The molecule has 1 aromatic rings. The molecule has 0 unspecified atom stereocenters. The van der Waals surface area contributed by atoms with Crippen LogP contribution in [-0.2, 0) is 0 Å². The fourth-order valence-electron chi connectivity index (χ4n) is 1.02. The molecule has 0 aliphatic carbocycles. The van der Waals surface area contributed by atoms with Gasteiger partial charge >= 0.3 is 0 Å². The van der Waals surface area contributed by atoms with Gasteiger partial charge in [0, 0.05) is 6.21 Å². The maximum Gasteiger partial charge on any atom is 0.179 e. The Labute approximate surface area is 64.0 Å². The van der Waals surface area contributed by atoms with Crippen molar-refractivity contribution in [2.75, 3.05) is 6.73 Å². The SMILES string of the molecule is Oc1cccc2c1C=NCO2. The molecule has 3 heteroatoms. The summed E-state index contributed by atoms with van der Waals surface area (Å²) in [5, 5.41) is 9.29. The van der Waals surface area contributed by atoms with E-state index in [4.69, 9.17) is 4.74 Å². The van der Waals surface area contributed by atoms with Crippen LogP contribution in [0.2, 0.25) is 0 Å². The summed E-state index contributed by atoms with van der Waals surface area (Å²) in [7, 11) is 0. The minimum Gasteiger partial charge on any atom is -0.507 e. The third kappa shape index (κ3) is 0.941. The van der Waals surface area contributed by atoms with Crippen molar-refractivity contribution in [1.29, 1.82) is 0 Å². The molecule has 3 nitrogen and oxygen atoms in total. The molecule has 0 fully saturated rings. The minimum absolute atomic E-state index is 0.214. The number of hydrogen-bond acceptors (Lipinski definition) is 3. The first-order valence-corrected chi connectivity index (χ1v) is 3.32. The Morgan fingerprint density at radius 1 is 1.45 bits per heavy atom. The Balaban J connectivity index is 2.60. The highest BCUT2D eigenvalue weighted by Gasteiger charge is 2.08. The van der Waals surface area contributed by atoms with Gasteiger partial charge in [-0.1, -0.05) is 6.07 Å². The van der Waals surface area contributed by atoms with Gasteiger partial charge in [0.15, 0.2) is 6.73 Å². The van der Waals surface area contributed by atoms with Crippen molar-refractivity contribution in [3.8, 4) is 11.5 Å². The second-order valence-electron chi connectivity index (χ2n) is 2.27. The number of phenolic OH excluding ortho intramolecular Hbond substituents is 1. The van der Waals surface area contributed by atoms with E-state index in [1.54, 1.807) is 24.4 Å². The van der Waals surface area contributed by atoms with Crippen molar-refractivity contribution < 1.29 is 9.84 Å². The van der Waals surface area contributed by atoms with E-state index in [0.717, 1.165) is 0 Å². The first kappa shape index (κ1) is 6.22. The maximum atomic E-state index is 9.29. The molecule has 11 heavy (non-hydrogen) atoms. The Morgan fingerprint density at radius 3 is 3.18 bits per heavy atom. The number of aromatic hydroxyl groups is 1. The monoisotopic (exact) mass is 149 g/mol. The van der Waals surface area contributed by atoms with Crippen molar-refractivity contribution in [1.82, 2.24) is 0 Å². The van der Waals surface area contributed by atoms with Crippen LogP contribution in [0.5, 0.6) is 11.5 Å². The molecule has 2 rings (SSSR count). The Kier molecular flexibility index (Phi) is 1.28. The highest BCUT2D eigenvalue weighted by Crippen LogP contribution is 2.27. The molecule has 1 aromatic carbocycles. The predicted molar refractivity (Wildman–Crippen MR) is 41.2 cm³/mol. The van der Waals surface area contributed by atoms with Crippen LogP contribution in [0.4, 0.5) is 0 Å². The van der Waals surface area contributed by atoms with Gasteiger partial charge in [0.1, 0.15) is 11.5 Å². The van der Waals surface area contributed by atoms with Crippen LogP contribution in [0, 0.1) is 0 Å². The number of fused-ring (bicyclic) bond motifs is 1. The van der Waals surface area contributed by atoms with Gasteiger partial charge in [-0.15, -0.1) is 0 Å². The van der Waals surface area contributed by atoms with Gasteiger partial charge in [0.25, 0.3) is 0 Å². The molecule has 0 saturated carbocycles. The van der Waals surface area contributed by atoms with E-state index in [9.17, 15) is 5.11 Å². The standard InChI is InChI=1S/C8H7NO2/c10-7-2-1-3-8-6(7)4-9-5-11-8/h1-4,10H,5H2. The maximum absolute atomic E-state index is 9.29. The molecule has 0 radical (unpaired) electrons. The Hall–Kier alpha value is -1.51. The second-order valence-corrected chi connectivity index (χ2v) is 2.27. The number of benzene rings is 1. The molecule has 1 aliphatic rings. The number of aliphatic imine (C=N–C) groups is 1. The molecule has 1 N–H and O–H groups in total. The molecule has 1 aliphatic heterocycles. The lowest BCUT2D eigenvalue weighted by Crippen LogP contribution is -2.03. The third-order valence-corrected chi connectivity index (χ3v) is 1.56. The van der Waals surface area contributed by atoms with Crippen molar-refractivity contribution in [3.05, 3.63) is 23.8 Å². The van der Waals surface area contributed by atoms with Gasteiger partial charge in [-0.3, -0.25) is 4.99 Å². The highest BCUT2D eigenvalue weighted by molar-refractivity contribution is 5.87. The summed E-state index contributed by atoms with van der Waals surface area (Å²) >= 11 is 0. The smallest absolute Gasteiger partial charge is 0.179 e. The molecule has 0 aromatic heterocycles. The summed E-state index contributed by atoms with van der Waals surface area (Å²) in [6.07, 6.45) is 1.62. The van der Waals surface area contributed by atoms with E-state index in [1.807, 2.05) is 0 Å². The van der Waals surface area contributed by atoms with Crippen LogP contribution in [0.1, 0.15) is 5.56 Å². The molecule has 0 saturated heterocycles. The van der Waals surface area contributed by atoms with Gasteiger partial charge in [-0.05, 0) is 12.1 Å². The fraction of sp³-hybridized carbons (Fsp3) is 0.125. The molecule has 0 atom stereocenters. The van der Waals surface area contributed by atoms with Crippen molar-refractivity contribution in [3.63, 3.8) is 0 Å². The Bertz CT molecular complexity index is 307. The zero-order valence-corrected chi connectivity index (χ0v) is 5.82. The molecular formula is C8H7NO2. The molecule has 0 spiro atoms. The minimum atomic E-state index is 0.214. The zero-order valence-electron chi connectivity index (χ0n) is 5.82. The van der Waals surface area contributed by atoms with E-state index in [-0.39, 0.29) is 5.75 Å². The van der Waals surface area contributed by atoms with Gasteiger partial charge in [0.05, 0.1) is 5.56 Å². The molecular weight excluding hydrogens is 142 g/mol.